The summed E-state index contributed by atoms with van der Waals surface area (Å²) in [4.78, 5) is 16.6. The summed E-state index contributed by atoms with van der Waals surface area (Å²) in [6, 6.07) is 14.1. The number of amides is 1. The van der Waals surface area contributed by atoms with Crippen LogP contribution in [0.5, 0.6) is 0 Å². The minimum absolute atomic E-state index is 0.0358. The average molecular weight is 356 g/mol. The molecule has 1 fully saturated rings. The number of ether oxygens (including phenoxy) is 1. The lowest BCUT2D eigenvalue weighted by molar-refractivity contribution is -0.0264. The fraction of sp³-hybridized carbons (Fsp3) is 0.476. The highest BCUT2D eigenvalue weighted by Crippen LogP contribution is 2.17. The number of hydrogen-bond donors (Lipinski definition) is 0. The highest BCUT2D eigenvalue weighted by molar-refractivity contribution is 5.91. The monoisotopic (exact) mass is 356 g/mol. The Balaban J connectivity index is 1.49. The van der Waals surface area contributed by atoms with Gasteiger partial charge in [0.1, 0.15) is 5.76 Å². The van der Waals surface area contributed by atoms with Crippen LogP contribution in [0.25, 0.3) is 0 Å². The van der Waals surface area contributed by atoms with Gasteiger partial charge in [-0.1, -0.05) is 30.3 Å². The smallest absolute Gasteiger partial charge is 0.289 e. The van der Waals surface area contributed by atoms with Crippen LogP contribution in [0.2, 0.25) is 0 Å². The first-order valence-electron chi connectivity index (χ1n) is 9.30. The summed E-state index contributed by atoms with van der Waals surface area (Å²) in [6.07, 6.45) is 3.17. The molecular formula is C21H28N2O3. The second kappa shape index (κ2) is 9.01. The van der Waals surface area contributed by atoms with Gasteiger partial charge < -0.3 is 19.0 Å². The average Bonchev–Trinajstić information content (AvgIpc) is 3.10. The Bertz CT molecular complexity index is 696. The fourth-order valence-corrected chi connectivity index (χ4v) is 3.30. The highest BCUT2D eigenvalue weighted by atomic mass is 16.5. The van der Waals surface area contributed by atoms with Crippen molar-refractivity contribution in [3.05, 3.63) is 59.5 Å². The Morgan fingerprint density at radius 3 is 2.77 bits per heavy atom. The van der Waals surface area contributed by atoms with Crippen LogP contribution in [0.4, 0.5) is 0 Å². The van der Waals surface area contributed by atoms with Gasteiger partial charge in [-0.2, -0.15) is 0 Å². The molecule has 1 amide bonds. The zero-order chi connectivity index (χ0) is 18.4. The van der Waals surface area contributed by atoms with E-state index in [1.54, 1.807) is 6.07 Å². The van der Waals surface area contributed by atoms with E-state index >= 15 is 0 Å². The van der Waals surface area contributed by atoms with Crippen molar-refractivity contribution in [3.8, 4) is 0 Å². The van der Waals surface area contributed by atoms with Gasteiger partial charge in [0.15, 0.2) is 5.76 Å². The summed E-state index contributed by atoms with van der Waals surface area (Å²) in [5.41, 5.74) is 1.35. The molecule has 0 saturated carbocycles. The standard InChI is InChI=1S/C21H28N2O3/c1-22(2)15-19-11-12-20(26-19)21(24)23-13-14-25-18(16-23)10-6-9-17-7-4-3-5-8-17/h3-5,7-8,11-12,18H,6,9-10,13-16H2,1-2H3/t18-/m1/s1. The van der Waals surface area contributed by atoms with Crippen molar-refractivity contribution in [2.24, 2.45) is 0 Å². The van der Waals surface area contributed by atoms with E-state index in [9.17, 15) is 4.79 Å². The molecule has 3 rings (SSSR count). The first-order chi connectivity index (χ1) is 12.6. The lowest BCUT2D eigenvalue weighted by Gasteiger charge is -2.32. The van der Waals surface area contributed by atoms with Gasteiger partial charge in [0.05, 0.1) is 19.3 Å². The largest absolute Gasteiger partial charge is 0.455 e. The molecule has 140 valence electrons. The number of furan rings is 1. The third kappa shape index (κ3) is 5.19. The van der Waals surface area contributed by atoms with Gasteiger partial charge in [-0.05, 0) is 51.1 Å². The number of benzene rings is 1. The second-order valence-corrected chi connectivity index (χ2v) is 7.13. The lowest BCUT2D eigenvalue weighted by Crippen LogP contribution is -2.45. The summed E-state index contributed by atoms with van der Waals surface area (Å²) >= 11 is 0. The number of carbonyl (C=O) groups excluding carboxylic acids is 1. The molecule has 1 aromatic carbocycles. The number of carbonyl (C=O) groups is 1. The summed E-state index contributed by atoms with van der Waals surface area (Å²) in [5, 5.41) is 0. The molecule has 0 unspecified atom stereocenters. The third-order valence-corrected chi connectivity index (χ3v) is 4.60. The molecule has 0 spiro atoms. The quantitative estimate of drug-likeness (QED) is 0.764. The van der Waals surface area contributed by atoms with Gasteiger partial charge in [-0.3, -0.25) is 4.79 Å². The second-order valence-electron chi connectivity index (χ2n) is 7.13. The van der Waals surface area contributed by atoms with Gasteiger partial charge in [-0.15, -0.1) is 0 Å². The van der Waals surface area contributed by atoms with Gasteiger partial charge in [-0.25, -0.2) is 0 Å². The molecule has 0 N–H and O–H groups in total. The van der Waals surface area contributed by atoms with Crippen molar-refractivity contribution in [3.63, 3.8) is 0 Å². The predicted octanol–water partition coefficient (Wildman–Crippen LogP) is 3.21. The third-order valence-electron chi connectivity index (χ3n) is 4.60. The Morgan fingerprint density at radius 2 is 2.00 bits per heavy atom. The van der Waals surface area contributed by atoms with E-state index in [4.69, 9.17) is 9.15 Å². The topological polar surface area (TPSA) is 45.9 Å². The lowest BCUT2D eigenvalue weighted by atomic mass is 10.1. The van der Waals surface area contributed by atoms with Crippen LogP contribution in [0, 0.1) is 0 Å². The van der Waals surface area contributed by atoms with E-state index in [1.807, 2.05) is 36.0 Å². The number of hydrogen-bond acceptors (Lipinski definition) is 4. The molecule has 26 heavy (non-hydrogen) atoms. The van der Waals surface area contributed by atoms with Gasteiger partial charge in [0, 0.05) is 13.1 Å². The van der Waals surface area contributed by atoms with E-state index < -0.39 is 0 Å². The predicted molar refractivity (Wildman–Crippen MR) is 101 cm³/mol. The van der Waals surface area contributed by atoms with Crippen LogP contribution in [0.15, 0.2) is 46.9 Å². The Morgan fingerprint density at radius 1 is 1.19 bits per heavy atom. The van der Waals surface area contributed by atoms with Crippen LogP contribution < -0.4 is 0 Å². The molecule has 0 radical (unpaired) electrons. The molecule has 1 aliphatic rings. The van der Waals surface area contributed by atoms with Crippen LogP contribution in [0.1, 0.15) is 34.7 Å². The molecule has 1 aromatic heterocycles. The van der Waals surface area contributed by atoms with Crippen LogP contribution in [-0.4, -0.2) is 55.6 Å². The van der Waals surface area contributed by atoms with Crippen LogP contribution in [0.3, 0.4) is 0 Å². The van der Waals surface area contributed by atoms with Gasteiger partial charge >= 0.3 is 0 Å². The van der Waals surface area contributed by atoms with E-state index in [-0.39, 0.29) is 12.0 Å². The maximum absolute atomic E-state index is 12.7. The normalized spacial score (nSPS) is 17.7. The first kappa shape index (κ1) is 18.7. The first-order valence-corrected chi connectivity index (χ1v) is 9.30. The Labute approximate surface area is 155 Å². The maximum Gasteiger partial charge on any atom is 0.289 e. The number of rotatable bonds is 7. The fourth-order valence-electron chi connectivity index (χ4n) is 3.30. The maximum atomic E-state index is 12.7. The molecule has 5 heteroatoms. The van der Waals surface area contributed by atoms with E-state index in [0.29, 0.717) is 32.0 Å². The van der Waals surface area contributed by atoms with E-state index in [0.717, 1.165) is 25.0 Å². The summed E-state index contributed by atoms with van der Waals surface area (Å²) < 4.78 is 11.6. The molecular weight excluding hydrogens is 328 g/mol. The molecule has 1 atom stereocenters. The highest BCUT2D eigenvalue weighted by Gasteiger charge is 2.26. The molecule has 0 aliphatic carbocycles. The Hall–Kier alpha value is -2.11. The van der Waals surface area contributed by atoms with Crippen molar-refractivity contribution < 1.29 is 13.9 Å². The zero-order valence-corrected chi connectivity index (χ0v) is 15.7. The number of morpholine rings is 1. The molecule has 1 aliphatic heterocycles. The zero-order valence-electron chi connectivity index (χ0n) is 15.7. The molecule has 0 bridgehead atoms. The van der Waals surface area contributed by atoms with Crippen molar-refractivity contribution >= 4 is 5.91 Å². The number of nitrogens with zero attached hydrogens (tertiary/aromatic N) is 2. The summed E-state index contributed by atoms with van der Waals surface area (Å²) in [5.74, 6) is 1.20. The van der Waals surface area contributed by atoms with Gasteiger partial charge in [0.25, 0.3) is 5.91 Å². The minimum atomic E-state index is -0.0358. The van der Waals surface area contributed by atoms with Gasteiger partial charge in [0.2, 0.25) is 0 Å². The summed E-state index contributed by atoms with van der Waals surface area (Å²) in [7, 11) is 3.96. The van der Waals surface area contributed by atoms with E-state index in [2.05, 4.69) is 24.3 Å². The summed E-state index contributed by atoms with van der Waals surface area (Å²) in [6.45, 7) is 2.54. The van der Waals surface area contributed by atoms with Crippen molar-refractivity contribution in [2.75, 3.05) is 33.8 Å². The van der Waals surface area contributed by atoms with Crippen molar-refractivity contribution in [2.45, 2.75) is 31.9 Å². The van der Waals surface area contributed by atoms with Crippen LogP contribution >= 0.6 is 0 Å². The molecule has 5 nitrogen and oxygen atoms in total. The van der Waals surface area contributed by atoms with Crippen molar-refractivity contribution in [1.29, 1.82) is 0 Å². The molecule has 2 heterocycles. The number of aryl methyl sites for hydroxylation is 1. The Kier molecular flexibility index (Phi) is 6.47. The molecule has 1 saturated heterocycles. The molecule has 2 aromatic rings. The SMILES string of the molecule is CN(C)Cc1ccc(C(=O)N2CCO[C@H](CCCc3ccccc3)C2)o1. The van der Waals surface area contributed by atoms with E-state index in [1.165, 1.54) is 5.56 Å². The van der Waals surface area contributed by atoms with Crippen LogP contribution in [-0.2, 0) is 17.7 Å². The minimum Gasteiger partial charge on any atom is -0.455 e. The van der Waals surface area contributed by atoms with Crippen molar-refractivity contribution in [1.82, 2.24) is 9.80 Å².